The Balaban J connectivity index is 2.19. The number of rotatable bonds is 3. The monoisotopic (exact) mass is 290 g/mol. The van der Waals surface area contributed by atoms with E-state index in [1.807, 2.05) is 14.1 Å². The quantitative estimate of drug-likeness (QED) is 0.672. The van der Waals surface area contributed by atoms with Gasteiger partial charge in [0.15, 0.2) is 0 Å². The molecule has 1 N–H and O–H groups in total. The van der Waals surface area contributed by atoms with Crippen LogP contribution in [0.15, 0.2) is 34.2 Å². The fourth-order valence-electron chi connectivity index (χ4n) is 2.02. The van der Waals surface area contributed by atoms with E-state index >= 15 is 0 Å². The molecule has 112 valence electrons. The van der Waals surface area contributed by atoms with Crippen molar-refractivity contribution in [2.75, 3.05) is 27.2 Å². The van der Waals surface area contributed by atoms with Crippen LogP contribution in [0.4, 0.5) is 10.5 Å². The van der Waals surface area contributed by atoms with Gasteiger partial charge in [0.1, 0.15) is 0 Å². The van der Waals surface area contributed by atoms with Crippen LogP contribution in [0, 0.1) is 0 Å². The lowest BCUT2D eigenvalue weighted by molar-refractivity contribution is 0.150. The first-order chi connectivity index (χ1) is 9.97. The first-order valence-electron chi connectivity index (χ1n) is 6.58. The predicted molar refractivity (Wildman–Crippen MR) is 81.0 cm³/mol. The molecule has 0 radical (unpaired) electrons. The van der Waals surface area contributed by atoms with Crippen LogP contribution in [0.3, 0.4) is 0 Å². The minimum absolute atomic E-state index is 0.168. The second kappa shape index (κ2) is 6.25. The molecule has 0 bridgehead atoms. The fourth-order valence-corrected chi connectivity index (χ4v) is 2.02. The molecule has 1 aromatic rings. The summed E-state index contributed by atoms with van der Waals surface area (Å²) in [6.45, 7) is 0.700. The van der Waals surface area contributed by atoms with Crippen molar-refractivity contribution in [3.05, 3.63) is 34.8 Å². The lowest BCUT2D eigenvalue weighted by Crippen LogP contribution is -2.35. The van der Waals surface area contributed by atoms with E-state index < -0.39 is 6.09 Å². The zero-order valence-corrected chi connectivity index (χ0v) is 12.1. The Morgan fingerprint density at radius 3 is 2.76 bits per heavy atom. The van der Waals surface area contributed by atoms with Gasteiger partial charge >= 0.3 is 6.09 Å². The van der Waals surface area contributed by atoms with Crippen molar-refractivity contribution in [2.24, 2.45) is 4.99 Å². The van der Waals surface area contributed by atoms with Gasteiger partial charge in [-0.25, -0.2) is 9.79 Å². The zero-order valence-electron chi connectivity index (χ0n) is 12.1. The average Bonchev–Trinajstić information content (AvgIpc) is 2.45. The Bertz CT molecular complexity index is 646. The fraction of sp³-hybridized carbons (Fsp3) is 0.357. The molecule has 0 aromatic carbocycles. The molecule has 2 heterocycles. The van der Waals surface area contributed by atoms with E-state index in [9.17, 15) is 9.59 Å². The van der Waals surface area contributed by atoms with Crippen molar-refractivity contribution in [2.45, 2.75) is 6.42 Å². The number of amides is 1. The average molecular weight is 290 g/mol. The molecule has 1 aliphatic rings. The van der Waals surface area contributed by atoms with E-state index in [1.165, 1.54) is 15.5 Å². The molecule has 0 fully saturated rings. The van der Waals surface area contributed by atoms with Crippen LogP contribution >= 0.6 is 0 Å². The van der Waals surface area contributed by atoms with Crippen LogP contribution in [-0.2, 0) is 0 Å². The van der Waals surface area contributed by atoms with Crippen LogP contribution in [0.1, 0.15) is 6.42 Å². The highest BCUT2D eigenvalue weighted by Gasteiger charge is 2.17. The smallest absolute Gasteiger partial charge is 0.407 e. The first-order valence-corrected chi connectivity index (χ1v) is 6.58. The molecule has 0 atom stereocenters. The van der Waals surface area contributed by atoms with Gasteiger partial charge in [0.2, 0.25) is 0 Å². The Hall–Kier alpha value is -2.57. The number of hydrogen-bond acceptors (Lipinski definition) is 3. The third-order valence-corrected chi connectivity index (χ3v) is 3.11. The second-order valence-corrected chi connectivity index (χ2v) is 4.98. The van der Waals surface area contributed by atoms with Gasteiger partial charge in [0.05, 0.1) is 12.0 Å². The maximum absolute atomic E-state index is 12.1. The SMILES string of the molecule is CN(C)C=Nc1ccn(C2=CCN(C(=O)O)CC2)c(=O)c1. The Morgan fingerprint density at radius 1 is 1.48 bits per heavy atom. The molecule has 7 heteroatoms. The standard InChI is InChI=1S/C14H18N4O3/c1-16(2)10-15-11-3-8-18(13(19)9-11)12-4-6-17(7-5-12)14(20)21/h3-4,8-10H,5-7H2,1-2H3,(H,20,21). The highest BCUT2D eigenvalue weighted by molar-refractivity contribution is 5.67. The summed E-state index contributed by atoms with van der Waals surface area (Å²) in [5.41, 5.74) is 1.24. The first kappa shape index (κ1) is 14.8. The Labute approximate surface area is 122 Å². The van der Waals surface area contributed by atoms with Crippen LogP contribution < -0.4 is 5.56 Å². The molecule has 7 nitrogen and oxygen atoms in total. The van der Waals surface area contributed by atoms with Crippen molar-refractivity contribution >= 4 is 23.8 Å². The minimum atomic E-state index is -0.939. The van der Waals surface area contributed by atoms with Crippen LogP contribution in [-0.4, -0.2) is 59.1 Å². The molecule has 1 aromatic heterocycles. The summed E-state index contributed by atoms with van der Waals surface area (Å²) in [7, 11) is 3.71. The lowest BCUT2D eigenvalue weighted by Gasteiger charge is -2.24. The van der Waals surface area contributed by atoms with Gasteiger partial charge in [-0.05, 0) is 12.1 Å². The van der Waals surface area contributed by atoms with E-state index in [0.717, 1.165) is 5.70 Å². The van der Waals surface area contributed by atoms with Crippen molar-refractivity contribution in [3.63, 3.8) is 0 Å². The number of nitrogens with zero attached hydrogens (tertiary/aromatic N) is 4. The molecule has 0 saturated heterocycles. The molecule has 0 aliphatic carbocycles. The number of hydrogen-bond donors (Lipinski definition) is 1. The molecular formula is C14H18N4O3. The van der Waals surface area contributed by atoms with Crippen molar-refractivity contribution < 1.29 is 9.90 Å². The Kier molecular flexibility index (Phi) is 4.42. The zero-order chi connectivity index (χ0) is 15.4. The maximum atomic E-state index is 12.1. The molecule has 0 unspecified atom stereocenters. The molecule has 2 rings (SSSR count). The molecule has 1 amide bonds. The predicted octanol–water partition coefficient (Wildman–Crippen LogP) is 1.29. The maximum Gasteiger partial charge on any atom is 0.407 e. The topological polar surface area (TPSA) is 78.1 Å². The van der Waals surface area contributed by atoms with Gasteiger partial charge in [0, 0.05) is 51.6 Å². The summed E-state index contributed by atoms with van der Waals surface area (Å²) >= 11 is 0. The van der Waals surface area contributed by atoms with E-state index in [2.05, 4.69) is 4.99 Å². The van der Waals surface area contributed by atoms with E-state index in [-0.39, 0.29) is 5.56 Å². The normalized spacial score (nSPS) is 15.1. The van der Waals surface area contributed by atoms with Gasteiger partial charge in [-0.3, -0.25) is 9.36 Å². The Morgan fingerprint density at radius 2 is 2.24 bits per heavy atom. The molecular weight excluding hydrogens is 272 g/mol. The molecule has 21 heavy (non-hydrogen) atoms. The third kappa shape index (κ3) is 3.71. The highest BCUT2D eigenvalue weighted by atomic mass is 16.4. The molecule has 1 aliphatic heterocycles. The summed E-state index contributed by atoms with van der Waals surface area (Å²) in [4.78, 5) is 30.2. The molecule has 0 saturated carbocycles. The van der Waals surface area contributed by atoms with Crippen LogP contribution in [0.25, 0.3) is 5.70 Å². The number of pyridine rings is 1. The number of aromatic nitrogens is 1. The largest absolute Gasteiger partial charge is 0.465 e. The van der Waals surface area contributed by atoms with Gasteiger partial charge in [-0.15, -0.1) is 0 Å². The highest BCUT2D eigenvalue weighted by Crippen LogP contribution is 2.16. The van der Waals surface area contributed by atoms with Crippen molar-refractivity contribution in [3.8, 4) is 0 Å². The van der Waals surface area contributed by atoms with Crippen molar-refractivity contribution in [1.82, 2.24) is 14.4 Å². The summed E-state index contributed by atoms with van der Waals surface area (Å²) in [6, 6.07) is 3.22. The van der Waals surface area contributed by atoms with Gasteiger partial charge in [-0.2, -0.15) is 0 Å². The number of carbonyl (C=O) groups is 1. The van der Waals surface area contributed by atoms with Gasteiger partial charge in [-0.1, -0.05) is 0 Å². The molecule has 0 spiro atoms. The lowest BCUT2D eigenvalue weighted by atomic mass is 10.2. The number of carboxylic acid groups (broad SMARTS) is 1. The van der Waals surface area contributed by atoms with Gasteiger partial charge in [0.25, 0.3) is 5.56 Å². The summed E-state index contributed by atoms with van der Waals surface area (Å²) < 4.78 is 1.54. The van der Waals surface area contributed by atoms with E-state index in [4.69, 9.17) is 5.11 Å². The minimum Gasteiger partial charge on any atom is -0.465 e. The summed E-state index contributed by atoms with van der Waals surface area (Å²) in [6.07, 6.45) is 4.65. The number of aliphatic imine (C=N–C) groups is 1. The van der Waals surface area contributed by atoms with Crippen LogP contribution in [0.5, 0.6) is 0 Å². The second-order valence-electron chi connectivity index (χ2n) is 4.98. The van der Waals surface area contributed by atoms with Crippen LogP contribution in [0.2, 0.25) is 0 Å². The third-order valence-electron chi connectivity index (χ3n) is 3.11. The van der Waals surface area contributed by atoms with E-state index in [0.29, 0.717) is 25.2 Å². The summed E-state index contributed by atoms with van der Waals surface area (Å²) in [5, 5.41) is 8.90. The summed E-state index contributed by atoms with van der Waals surface area (Å²) in [5.74, 6) is 0. The van der Waals surface area contributed by atoms with Gasteiger partial charge < -0.3 is 14.9 Å². The van der Waals surface area contributed by atoms with Crippen molar-refractivity contribution in [1.29, 1.82) is 0 Å². The van der Waals surface area contributed by atoms with E-state index in [1.54, 1.807) is 29.6 Å².